The first kappa shape index (κ1) is 16.9. The summed E-state index contributed by atoms with van der Waals surface area (Å²) in [6, 6.07) is 7.09. The van der Waals surface area contributed by atoms with Crippen LogP contribution in [-0.4, -0.2) is 67.5 Å². The number of esters is 1. The Hall–Kier alpha value is -1.93. The highest BCUT2D eigenvalue weighted by Crippen LogP contribution is 2.30. The molecule has 1 aromatic carbocycles. The monoisotopic (exact) mass is 352 g/mol. The first-order valence-corrected chi connectivity index (χ1v) is 9.61. The van der Waals surface area contributed by atoms with E-state index in [0.29, 0.717) is 25.1 Å². The molecule has 1 atom stereocenters. The fourth-order valence-electron chi connectivity index (χ4n) is 3.21. The molecule has 7 nitrogen and oxygen atoms in total. The van der Waals surface area contributed by atoms with Crippen LogP contribution < -0.4 is 0 Å². The molecule has 1 amide bonds. The standard InChI is InChI=1S/C16H20N2O5S/c1-16(11-12-5-3-4-6-13(12)14(19)23-16)15(20)17-7-9-18(10-8-17)24(2,21)22/h3-6H,7-11H2,1-2H3. The summed E-state index contributed by atoms with van der Waals surface area (Å²) in [6.07, 6.45) is 1.48. The molecular formula is C16H20N2O5S. The smallest absolute Gasteiger partial charge is 0.339 e. The number of hydrogen-bond acceptors (Lipinski definition) is 5. The summed E-state index contributed by atoms with van der Waals surface area (Å²) in [6.45, 7) is 2.71. The zero-order valence-corrected chi connectivity index (χ0v) is 14.5. The molecule has 1 fully saturated rings. The zero-order valence-electron chi connectivity index (χ0n) is 13.7. The maximum atomic E-state index is 12.9. The van der Waals surface area contributed by atoms with Gasteiger partial charge < -0.3 is 9.64 Å². The Labute approximate surface area is 141 Å². The maximum Gasteiger partial charge on any atom is 0.339 e. The van der Waals surface area contributed by atoms with E-state index in [-0.39, 0.29) is 19.0 Å². The van der Waals surface area contributed by atoms with Crippen molar-refractivity contribution in [3.05, 3.63) is 35.4 Å². The van der Waals surface area contributed by atoms with E-state index in [0.717, 1.165) is 11.8 Å². The largest absolute Gasteiger partial charge is 0.445 e. The van der Waals surface area contributed by atoms with Crippen molar-refractivity contribution in [1.82, 2.24) is 9.21 Å². The van der Waals surface area contributed by atoms with Crippen LogP contribution in [0.2, 0.25) is 0 Å². The lowest BCUT2D eigenvalue weighted by Crippen LogP contribution is -2.58. The van der Waals surface area contributed by atoms with Crippen molar-refractivity contribution in [2.45, 2.75) is 18.9 Å². The molecule has 3 rings (SSSR count). The predicted octanol–water partition coefficient (Wildman–Crippen LogP) is 0.262. The summed E-state index contributed by atoms with van der Waals surface area (Å²) in [5, 5.41) is 0. The van der Waals surface area contributed by atoms with Crippen molar-refractivity contribution >= 4 is 21.9 Å². The summed E-state index contributed by atoms with van der Waals surface area (Å²) in [7, 11) is -3.25. The molecule has 0 radical (unpaired) electrons. The Morgan fingerprint density at radius 3 is 2.42 bits per heavy atom. The van der Waals surface area contributed by atoms with Crippen LogP contribution in [0.25, 0.3) is 0 Å². The molecular weight excluding hydrogens is 332 g/mol. The van der Waals surface area contributed by atoms with Gasteiger partial charge in [0.25, 0.3) is 5.91 Å². The minimum Gasteiger partial charge on any atom is -0.445 e. The van der Waals surface area contributed by atoms with Gasteiger partial charge in [0, 0.05) is 32.6 Å². The summed E-state index contributed by atoms with van der Waals surface area (Å²) in [5.41, 5.74) is 0.0302. The second-order valence-electron chi connectivity index (χ2n) is 6.41. The molecule has 1 saturated heterocycles. The topological polar surface area (TPSA) is 84.0 Å². The highest BCUT2D eigenvalue weighted by atomic mass is 32.2. The van der Waals surface area contributed by atoms with Crippen molar-refractivity contribution in [3.8, 4) is 0 Å². The van der Waals surface area contributed by atoms with Crippen molar-refractivity contribution in [2.24, 2.45) is 0 Å². The molecule has 2 heterocycles. The van der Waals surface area contributed by atoms with Gasteiger partial charge in [-0.2, -0.15) is 4.31 Å². The van der Waals surface area contributed by atoms with E-state index in [1.807, 2.05) is 12.1 Å². The number of carbonyl (C=O) groups is 2. The third-order valence-electron chi connectivity index (χ3n) is 4.53. The first-order chi connectivity index (χ1) is 11.2. The van der Waals surface area contributed by atoms with Crippen molar-refractivity contribution in [1.29, 1.82) is 0 Å². The fraction of sp³-hybridized carbons (Fsp3) is 0.500. The Morgan fingerprint density at radius 2 is 1.79 bits per heavy atom. The van der Waals surface area contributed by atoms with Gasteiger partial charge in [0.2, 0.25) is 10.0 Å². The lowest BCUT2D eigenvalue weighted by molar-refractivity contribution is -0.152. The average molecular weight is 352 g/mol. The van der Waals surface area contributed by atoms with Crippen LogP contribution in [0.3, 0.4) is 0 Å². The van der Waals surface area contributed by atoms with Crippen molar-refractivity contribution in [2.75, 3.05) is 32.4 Å². The third-order valence-corrected chi connectivity index (χ3v) is 5.83. The van der Waals surface area contributed by atoms with Gasteiger partial charge in [-0.25, -0.2) is 13.2 Å². The lowest BCUT2D eigenvalue weighted by Gasteiger charge is -2.40. The normalized spacial score (nSPS) is 25.1. The number of fused-ring (bicyclic) bond motifs is 1. The van der Waals surface area contributed by atoms with E-state index in [9.17, 15) is 18.0 Å². The highest BCUT2D eigenvalue weighted by molar-refractivity contribution is 7.88. The zero-order chi connectivity index (χ0) is 17.5. The van der Waals surface area contributed by atoms with Gasteiger partial charge in [-0.15, -0.1) is 0 Å². The molecule has 1 aromatic rings. The summed E-state index contributed by atoms with van der Waals surface area (Å²) < 4.78 is 29.9. The minimum atomic E-state index is -3.25. The van der Waals surface area contributed by atoms with Gasteiger partial charge in [-0.3, -0.25) is 4.79 Å². The van der Waals surface area contributed by atoms with Gasteiger partial charge in [0.05, 0.1) is 11.8 Å². The third kappa shape index (κ3) is 3.03. The molecule has 0 aromatic heterocycles. The van der Waals surface area contributed by atoms with Gasteiger partial charge in [0.1, 0.15) is 0 Å². The van der Waals surface area contributed by atoms with Gasteiger partial charge in [-0.1, -0.05) is 18.2 Å². The van der Waals surface area contributed by atoms with Crippen molar-refractivity contribution < 1.29 is 22.7 Å². The molecule has 0 aliphatic carbocycles. The Bertz CT molecular complexity index is 783. The number of hydrogen-bond donors (Lipinski definition) is 0. The Morgan fingerprint density at radius 1 is 1.17 bits per heavy atom. The van der Waals surface area contributed by atoms with Crippen molar-refractivity contribution in [3.63, 3.8) is 0 Å². The van der Waals surface area contributed by atoms with E-state index < -0.39 is 21.6 Å². The quantitative estimate of drug-likeness (QED) is 0.713. The molecule has 0 bridgehead atoms. The number of nitrogens with zero attached hydrogens (tertiary/aromatic N) is 2. The summed E-state index contributed by atoms with van der Waals surface area (Å²) in [4.78, 5) is 26.6. The molecule has 2 aliphatic heterocycles. The number of amides is 1. The second kappa shape index (κ2) is 5.86. The first-order valence-electron chi connectivity index (χ1n) is 7.76. The molecule has 0 saturated carbocycles. The average Bonchev–Trinajstić information content (AvgIpc) is 2.53. The van der Waals surface area contributed by atoms with E-state index in [1.54, 1.807) is 24.0 Å². The number of benzene rings is 1. The van der Waals surface area contributed by atoms with Crippen LogP contribution in [0.1, 0.15) is 22.8 Å². The highest BCUT2D eigenvalue weighted by Gasteiger charge is 2.45. The van der Waals surface area contributed by atoms with Gasteiger partial charge in [-0.05, 0) is 18.6 Å². The lowest BCUT2D eigenvalue weighted by atomic mass is 9.89. The van der Waals surface area contributed by atoms with E-state index in [1.165, 1.54) is 4.31 Å². The van der Waals surface area contributed by atoms with Gasteiger partial charge in [0.15, 0.2) is 5.60 Å². The molecule has 2 aliphatic rings. The van der Waals surface area contributed by atoms with E-state index in [2.05, 4.69) is 0 Å². The number of carbonyl (C=O) groups excluding carboxylic acids is 2. The number of piperazine rings is 1. The van der Waals surface area contributed by atoms with Crippen LogP contribution in [0.15, 0.2) is 24.3 Å². The molecule has 24 heavy (non-hydrogen) atoms. The Balaban J connectivity index is 1.75. The fourth-order valence-corrected chi connectivity index (χ4v) is 4.04. The minimum absolute atomic E-state index is 0.255. The van der Waals surface area contributed by atoms with Crippen LogP contribution >= 0.6 is 0 Å². The Kier molecular flexibility index (Phi) is 4.13. The number of sulfonamides is 1. The number of cyclic esters (lactones) is 1. The van der Waals surface area contributed by atoms with Crippen LogP contribution in [0.4, 0.5) is 0 Å². The van der Waals surface area contributed by atoms with Gasteiger partial charge >= 0.3 is 5.97 Å². The predicted molar refractivity (Wildman–Crippen MR) is 87.0 cm³/mol. The number of rotatable bonds is 2. The van der Waals surface area contributed by atoms with Crippen LogP contribution in [0.5, 0.6) is 0 Å². The van der Waals surface area contributed by atoms with Crippen LogP contribution in [0, 0.1) is 0 Å². The molecule has 0 spiro atoms. The molecule has 0 N–H and O–H groups in total. The molecule has 1 unspecified atom stereocenters. The van der Waals surface area contributed by atoms with Crippen LogP contribution in [-0.2, 0) is 26.0 Å². The molecule has 8 heteroatoms. The SMILES string of the molecule is CC1(C(=O)N2CCN(S(C)(=O)=O)CC2)Cc2ccccc2C(=O)O1. The van der Waals surface area contributed by atoms with E-state index >= 15 is 0 Å². The summed E-state index contributed by atoms with van der Waals surface area (Å²) in [5.74, 6) is -0.777. The second-order valence-corrected chi connectivity index (χ2v) is 8.39. The maximum absolute atomic E-state index is 12.9. The summed E-state index contributed by atoms with van der Waals surface area (Å²) >= 11 is 0. The number of ether oxygens (including phenoxy) is 1. The molecule has 130 valence electrons. The van der Waals surface area contributed by atoms with E-state index in [4.69, 9.17) is 4.74 Å².